The molecule has 0 saturated carbocycles. The number of rotatable bonds is 3. The quantitative estimate of drug-likeness (QED) is 0.834. The standard InChI is InChI=1S/C14H22N2O/c1-2-12-3-5-13(6-4-12)16-9-7-14(17,11-15)8-10-16/h3-6,17H,2,7-11,15H2,1H3. The molecule has 3 N–H and O–H groups in total. The van der Waals surface area contributed by atoms with Crippen LogP contribution in [0.4, 0.5) is 5.69 Å². The van der Waals surface area contributed by atoms with E-state index < -0.39 is 5.60 Å². The molecule has 1 aliphatic heterocycles. The summed E-state index contributed by atoms with van der Waals surface area (Å²) < 4.78 is 0. The third-order valence-corrected chi connectivity index (χ3v) is 3.78. The van der Waals surface area contributed by atoms with Crippen LogP contribution in [0.15, 0.2) is 24.3 Å². The Morgan fingerprint density at radius 3 is 2.29 bits per heavy atom. The highest BCUT2D eigenvalue weighted by molar-refractivity contribution is 5.48. The third-order valence-electron chi connectivity index (χ3n) is 3.78. The van der Waals surface area contributed by atoms with Gasteiger partial charge in [-0.15, -0.1) is 0 Å². The summed E-state index contributed by atoms with van der Waals surface area (Å²) in [5, 5.41) is 10.1. The van der Waals surface area contributed by atoms with Gasteiger partial charge in [0.25, 0.3) is 0 Å². The van der Waals surface area contributed by atoms with Gasteiger partial charge in [-0.2, -0.15) is 0 Å². The van der Waals surface area contributed by atoms with Crippen LogP contribution < -0.4 is 10.6 Å². The highest BCUT2D eigenvalue weighted by Crippen LogP contribution is 2.25. The van der Waals surface area contributed by atoms with Crippen LogP contribution >= 0.6 is 0 Å². The van der Waals surface area contributed by atoms with Gasteiger partial charge in [0.1, 0.15) is 0 Å². The summed E-state index contributed by atoms with van der Waals surface area (Å²) in [5.74, 6) is 0. The first kappa shape index (κ1) is 12.4. The smallest absolute Gasteiger partial charge is 0.0803 e. The predicted octanol–water partition coefficient (Wildman–Crippen LogP) is 1.54. The van der Waals surface area contributed by atoms with Gasteiger partial charge in [-0.1, -0.05) is 19.1 Å². The molecule has 0 unspecified atom stereocenters. The fourth-order valence-corrected chi connectivity index (χ4v) is 2.33. The van der Waals surface area contributed by atoms with E-state index in [-0.39, 0.29) is 0 Å². The average molecular weight is 234 g/mol. The van der Waals surface area contributed by atoms with E-state index in [0.29, 0.717) is 6.54 Å². The third kappa shape index (κ3) is 2.79. The first-order chi connectivity index (χ1) is 8.17. The number of anilines is 1. The van der Waals surface area contributed by atoms with E-state index in [9.17, 15) is 5.11 Å². The minimum absolute atomic E-state index is 0.371. The molecule has 17 heavy (non-hydrogen) atoms. The van der Waals surface area contributed by atoms with Crippen LogP contribution in [-0.2, 0) is 6.42 Å². The highest BCUT2D eigenvalue weighted by Gasteiger charge is 2.30. The van der Waals surface area contributed by atoms with Crippen molar-refractivity contribution in [3.05, 3.63) is 29.8 Å². The first-order valence-electron chi connectivity index (χ1n) is 6.43. The number of hydrogen-bond acceptors (Lipinski definition) is 3. The normalized spacial score (nSPS) is 19.4. The van der Waals surface area contributed by atoms with Crippen molar-refractivity contribution in [1.82, 2.24) is 0 Å². The number of aryl methyl sites for hydroxylation is 1. The van der Waals surface area contributed by atoms with Gasteiger partial charge in [-0.3, -0.25) is 0 Å². The molecule has 94 valence electrons. The summed E-state index contributed by atoms with van der Waals surface area (Å²) in [6, 6.07) is 8.70. The molecule has 3 nitrogen and oxygen atoms in total. The summed E-state index contributed by atoms with van der Waals surface area (Å²) in [6.07, 6.45) is 2.60. The molecule has 2 rings (SSSR count). The average Bonchev–Trinajstić information content (AvgIpc) is 2.40. The molecule has 0 aromatic heterocycles. The summed E-state index contributed by atoms with van der Waals surface area (Å²) in [6.45, 7) is 4.31. The van der Waals surface area contributed by atoms with Crippen molar-refractivity contribution >= 4 is 5.69 Å². The molecule has 0 amide bonds. The van der Waals surface area contributed by atoms with Crippen LogP contribution in [0.5, 0.6) is 0 Å². The zero-order valence-corrected chi connectivity index (χ0v) is 10.5. The highest BCUT2D eigenvalue weighted by atomic mass is 16.3. The Bertz CT molecular complexity index is 353. The van der Waals surface area contributed by atoms with Crippen LogP contribution in [-0.4, -0.2) is 30.3 Å². The van der Waals surface area contributed by atoms with Gasteiger partial charge in [0.05, 0.1) is 5.60 Å². The maximum atomic E-state index is 10.1. The number of hydrogen-bond donors (Lipinski definition) is 2. The van der Waals surface area contributed by atoms with E-state index >= 15 is 0 Å². The molecule has 1 saturated heterocycles. The van der Waals surface area contributed by atoms with Crippen LogP contribution in [0.25, 0.3) is 0 Å². The molecule has 0 bridgehead atoms. The summed E-state index contributed by atoms with van der Waals surface area (Å²) in [5.41, 5.74) is 7.57. The Morgan fingerprint density at radius 2 is 1.82 bits per heavy atom. The Balaban J connectivity index is 2.00. The summed E-state index contributed by atoms with van der Waals surface area (Å²) >= 11 is 0. The molecule has 0 radical (unpaired) electrons. The van der Waals surface area contributed by atoms with Crippen molar-refractivity contribution in [3.63, 3.8) is 0 Å². The molecule has 1 aromatic carbocycles. The predicted molar refractivity (Wildman–Crippen MR) is 71.3 cm³/mol. The van der Waals surface area contributed by atoms with Gasteiger partial charge in [-0.05, 0) is 37.0 Å². The first-order valence-corrected chi connectivity index (χ1v) is 6.43. The van der Waals surface area contributed by atoms with E-state index in [1.165, 1.54) is 11.3 Å². The minimum Gasteiger partial charge on any atom is -0.388 e. The second-order valence-corrected chi connectivity index (χ2v) is 4.94. The van der Waals surface area contributed by atoms with Crippen LogP contribution in [0.3, 0.4) is 0 Å². The number of piperidine rings is 1. The molecule has 0 atom stereocenters. The fraction of sp³-hybridized carbons (Fsp3) is 0.571. The second kappa shape index (κ2) is 5.07. The lowest BCUT2D eigenvalue weighted by Gasteiger charge is -2.38. The topological polar surface area (TPSA) is 49.5 Å². The van der Waals surface area contributed by atoms with Gasteiger partial charge >= 0.3 is 0 Å². The Labute approximate surface area is 103 Å². The van der Waals surface area contributed by atoms with E-state index in [0.717, 1.165) is 32.4 Å². The maximum absolute atomic E-state index is 10.1. The zero-order valence-electron chi connectivity index (χ0n) is 10.5. The van der Waals surface area contributed by atoms with Crippen molar-refractivity contribution < 1.29 is 5.11 Å². The van der Waals surface area contributed by atoms with Gasteiger partial charge < -0.3 is 15.7 Å². The Kier molecular flexibility index (Phi) is 3.69. The van der Waals surface area contributed by atoms with E-state index in [1.54, 1.807) is 0 Å². The largest absolute Gasteiger partial charge is 0.388 e. The van der Waals surface area contributed by atoms with Crippen molar-refractivity contribution in [1.29, 1.82) is 0 Å². The molecule has 1 aromatic rings. The van der Waals surface area contributed by atoms with Gasteiger partial charge in [-0.25, -0.2) is 0 Å². The van der Waals surface area contributed by atoms with Gasteiger partial charge in [0.2, 0.25) is 0 Å². The van der Waals surface area contributed by atoms with Crippen molar-refractivity contribution in [3.8, 4) is 0 Å². The number of nitrogens with zero attached hydrogens (tertiary/aromatic N) is 1. The number of nitrogens with two attached hydrogens (primary N) is 1. The Morgan fingerprint density at radius 1 is 1.24 bits per heavy atom. The maximum Gasteiger partial charge on any atom is 0.0803 e. The molecule has 3 heteroatoms. The Hall–Kier alpha value is -1.06. The van der Waals surface area contributed by atoms with Crippen molar-refractivity contribution in [2.75, 3.05) is 24.5 Å². The van der Waals surface area contributed by atoms with Gasteiger partial charge in [0.15, 0.2) is 0 Å². The van der Waals surface area contributed by atoms with Crippen LogP contribution in [0.1, 0.15) is 25.3 Å². The monoisotopic (exact) mass is 234 g/mol. The molecule has 1 heterocycles. The molecular formula is C14H22N2O. The number of aliphatic hydroxyl groups is 1. The summed E-state index contributed by atoms with van der Waals surface area (Å²) in [4.78, 5) is 2.32. The summed E-state index contributed by atoms with van der Waals surface area (Å²) in [7, 11) is 0. The zero-order chi connectivity index (χ0) is 12.3. The lowest BCUT2D eigenvalue weighted by atomic mass is 9.91. The van der Waals surface area contributed by atoms with E-state index in [1.807, 2.05) is 0 Å². The molecule has 0 spiro atoms. The van der Waals surface area contributed by atoms with Crippen LogP contribution in [0, 0.1) is 0 Å². The lowest BCUT2D eigenvalue weighted by Crippen LogP contribution is -2.48. The van der Waals surface area contributed by atoms with Crippen molar-refractivity contribution in [2.45, 2.75) is 31.8 Å². The van der Waals surface area contributed by atoms with Crippen LogP contribution in [0.2, 0.25) is 0 Å². The second-order valence-electron chi connectivity index (χ2n) is 4.94. The molecule has 1 fully saturated rings. The molecule has 0 aliphatic carbocycles. The number of benzene rings is 1. The molecule has 1 aliphatic rings. The SMILES string of the molecule is CCc1ccc(N2CCC(O)(CN)CC2)cc1. The van der Waals surface area contributed by atoms with Gasteiger partial charge in [0, 0.05) is 25.3 Å². The fourth-order valence-electron chi connectivity index (χ4n) is 2.33. The lowest BCUT2D eigenvalue weighted by molar-refractivity contribution is 0.0250. The van der Waals surface area contributed by atoms with Crippen molar-refractivity contribution in [2.24, 2.45) is 5.73 Å². The van der Waals surface area contributed by atoms with E-state index in [4.69, 9.17) is 5.73 Å². The van der Waals surface area contributed by atoms with E-state index in [2.05, 4.69) is 36.1 Å². The minimum atomic E-state index is -0.639. The molecular weight excluding hydrogens is 212 g/mol.